The van der Waals surface area contributed by atoms with Crippen molar-refractivity contribution in [2.75, 3.05) is 6.61 Å². The van der Waals surface area contributed by atoms with Crippen molar-refractivity contribution in [2.24, 2.45) is 0 Å². The number of esters is 1. The summed E-state index contributed by atoms with van der Waals surface area (Å²) in [6.07, 6.45) is 3.09. The average molecular weight is 378 g/mol. The van der Waals surface area contributed by atoms with Crippen LogP contribution in [0, 0.1) is 11.3 Å². The number of nitriles is 1. The Morgan fingerprint density at radius 2 is 1.71 bits per heavy atom. The Labute approximate surface area is 164 Å². The van der Waals surface area contributed by atoms with E-state index < -0.39 is 24.0 Å². The average Bonchev–Trinajstić information content (AvgIpc) is 3.20. The number of benzene rings is 2. The number of hydrogen-bond acceptors (Lipinski definition) is 5. The molecule has 0 aromatic heterocycles. The van der Waals surface area contributed by atoms with Gasteiger partial charge in [-0.1, -0.05) is 30.3 Å². The Bertz CT molecular complexity index is 850. The van der Waals surface area contributed by atoms with Crippen molar-refractivity contribution < 1.29 is 19.1 Å². The lowest BCUT2D eigenvalue weighted by atomic mass is 10.00. The summed E-state index contributed by atoms with van der Waals surface area (Å²) in [6, 6.07) is 18.5. The highest BCUT2D eigenvalue weighted by Gasteiger charge is 2.35. The van der Waals surface area contributed by atoms with Gasteiger partial charge in [0.2, 0.25) is 0 Å². The molecule has 0 unspecified atom stereocenters. The van der Waals surface area contributed by atoms with E-state index in [4.69, 9.17) is 9.47 Å². The first-order valence-electron chi connectivity index (χ1n) is 9.26. The van der Waals surface area contributed by atoms with Gasteiger partial charge in [-0.25, -0.2) is 4.79 Å². The van der Waals surface area contributed by atoms with Crippen LogP contribution >= 0.6 is 0 Å². The lowest BCUT2D eigenvalue weighted by Crippen LogP contribution is -2.46. The first-order chi connectivity index (χ1) is 13.6. The first-order valence-corrected chi connectivity index (χ1v) is 9.26. The molecule has 144 valence electrons. The van der Waals surface area contributed by atoms with Crippen LogP contribution < -0.4 is 10.1 Å². The van der Waals surface area contributed by atoms with Crippen molar-refractivity contribution in [1.82, 2.24) is 5.32 Å². The molecule has 1 aliphatic rings. The van der Waals surface area contributed by atoms with Gasteiger partial charge in [0.25, 0.3) is 5.91 Å². The number of hydrogen-bond donors (Lipinski definition) is 1. The molecular weight excluding hydrogens is 356 g/mol. The van der Waals surface area contributed by atoms with E-state index in [0.29, 0.717) is 25.0 Å². The van der Waals surface area contributed by atoms with Crippen LogP contribution in [-0.2, 0) is 16.1 Å². The molecule has 0 spiro atoms. The number of ether oxygens (including phenoxy) is 2. The Balaban J connectivity index is 1.46. The number of amides is 1. The van der Waals surface area contributed by atoms with E-state index in [1.807, 2.05) is 30.3 Å². The molecule has 1 saturated carbocycles. The van der Waals surface area contributed by atoms with Gasteiger partial charge in [0, 0.05) is 0 Å². The predicted octanol–water partition coefficient (Wildman–Crippen LogP) is 3.37. The molecule has 1 amide bonds. The van der Waals surface area contributed by atoms with Crippen LogP contribution in [0.15, 0.2) is 54.6 Å². The number of carbonyl (C=O) groups excluding carboxylic acids is 2. The van der Waals surface area contributed by atoms with E-state index in [1.54, 1.807) is 24.3 Å². The van der Waals surface area contributed by atoms with Gasteiger partial charge in [0.1, 0.15) is 17.9 Å². The Morgan fingerprint density at radius 1 is 1.04 bits per heavy atom. The topological polar surface area (TPSA) is 88.4 Å². The summed E-state index contributed by atoms with van der Waals surface area (Å²) in [7, 11) is 0. The molecule has 3 rings (SSSR count). The van der Waals surface area contributed by atoms with Crippen LogP contribution in [-0.4, -0.2) is 24.0 Å². The van der Waals surface area contributed by atoms with Gasteiger partial charge in [0.15, 0.2) is 6.61 Å². The van der Waals surface area contributed by atoms with Crippen molar-refractivity contribution in [3.8, 4) is 11.8 Å². The fourth-order valence-electron chi connectivity index (χ4n) is 3.18. The fourth-order valence-corrected chi connectivity index (χ4v) is 3.18. The molecule has 6 nitrogen and oxygen atoms in total. The highest BCUT2D eigenvalue weighted by molar-refractivity contribution is 5.91. The molecule has 0 aliphatic heterocycles. The third kappa shape index (κ3) is 5.10. The van der Waals surface area contributed by atoms with Gasteiger partial charge >= 0.3 is 5.97 Å². The SMILES string of the molecule is N#CC1(NC(=O)COC(=O)c2ccc(COc3ccccc3)cc2)CCCC1. The summed E-state index contributed by atoms with van der Waals surface area (Å²) in [5, 5.41) is 12.0. The van der Waals surface area contributed by atoms with E-state index in [0.717, 1.165) is 24.2 Å². The maximum absolute atomic E-state index is 12.1. The molecule has 6 heteroatoms. The van der Waals surface area contributed by atoms with Crippen molar-refractivity contribution in [3.05, 3.63) is 65.7 Å². The van der Waals surface area contributed by atoms with Crippen LogP contribution in [0.1, 0.15) is 41.6 Å². The van der Waals surface area contributed by atoms with Gasteiger partial charge in [-0.3, -0.25) is 4.79 Å². The second-order valence-electron chi connectivity index (χ2n) is 6.82. The van der Waals surface area contributed by atoms with Crippen molar-refractivity contribution in [3.63, 3.8) is 0 Å². The smallest absolute Gasteiger partial charge is 0.338 e. The summed E-state index contributed by atoms with van der Waals surface area (Å²) < 4.78 is 10.7. The Hall–Kier alpha value is -3.33. The number of rotatable bonds is 7. The molecule has 1 fully saturated rings. The van der Waals surface area contributed by atoms with Crippen LogP contribution in [0.5, 0.6) is 5.75 Å². The normalized spacial score (nSPS) is 14.7. The molecule has 2 aromatic rings. The summed E-state index contributed by atoms with van der Waals surface area (Å²) in [5.41, 5.74) is 0.451. The van der Waals surface area contributed by atoms with E-state index >= 15 is 0 Å². The number of nitrogens with one attached hydrogen (secondary N) is 1. The summed E-state index contributed by atoms with van der Waals surface area (Å²) in [5.74, 6) is -0.262. The van der Waals surface area contributed by atoms with Crippen molar-refractivity contribution >= 4 is 11.9 Å². The Kier molecular flexibility index (Phi) is 6.28. The molecule has 28 heavy (non-hydrogen) atoms. The quantitative estimate of drug-likeness (QED) is 0.746. The third-order valence-corrected chi connectivity index (χ3v) is 4.72. The van der Waals surface area contributed by atoms with E-state index in [1.165, 1.54) is 0 Å². The highest BCUT2D eigenvalue weighted by Crippen LogP contribution is 2.28. The predicted molar refractivity (Wildman–Crippen MR) is 102 cm³/mol. The van der Waals surface area contributed by atoms with E-state index in [9.17, 15) is 14.9 Å². The fraction of sp³-hybridized carbons (Fsp3) is 0.318. The van der Waals surface area contributed by atoms with Gasteiger partial charge in [-0.2, -0.15) is 5.26 Å². The van der Waals surface area contributed by atoms with Crippen LogP contribution in [0.2, 0.25) is 0 Å². The zero-order valence-corrected chi connectivity index (χ0v) is 15.5. The van der Waals surface area contributed by atoms with Crippen LogP contribution in [0.4, 0.5) is 0 Å². The minimum atomic E-state index is -0.816. The standard InChI is InChI=1S/C22H22N2O4/c23-16-22(12-4-5-13-22)24-20(25)15-28-21(26)18-10-8-17(9-11-18)14-27-19-6-2-1-3-7-19/h1-3,6-11H,4-5,12-15H2,(H,24,25). The van der Waals surface area contributed by atoms with Crippen LogP contribution in [0.25, 0.3) is 0 Å². The van der Waals surface area contributed by atoms with Crippen LogP contribution in [0.3, 0.4) is 0 Å². The summed E-state index contributed by atoms with van der Waals surface area (Å²) in [4.78, 5) is 24.1. The molecule has 0 radical (unpaired) electrons. The van der Waals surface area contributed by atoms with Gasteiger partial charge < -0.3 is 14.8 Å². The van der Waals surface area contributed by atoms with Crippen molar-refractivity contribution in [1.29, 1.82) is 5.26 Å². The lowest BCUT2D eigenvalue weighted by Gasteiger charge is -2.21. The largest absolute Gasteiger partial charge is 0.489 e. The van der Waals surface area contributed by atoms with Crippen molar-refractivity contribution in [2.45, 2.75) is 37.8 Å². The minimum absolute atomic E-state index is 0.354. The van der Waals surface area contributed by atoms with Gasteiger partial charge in [-0.05, 0) is 55.5 Å². The molecule has 2 aromatic carbocycles. The second kappa shape index (κ2) is 9.05. The van der Waals surface area contributed by atoms with E-state index in [2.05, 4.69) is 11.4 Å². The molecule has 0 bridgehead atoms. The molecule has 1 aliphatic carbocycles. The number of para-hydroxylation sites is 1. The molecule has 1 N–H and O–H groups in total. The first kappa shape index (κ1) is 19.4. The number of nitrogens with zero attached hydrogens (tertiary/aromatic N) is 1. The Morgan fingerprint density at radius 3 is 2.36 bits per heavy atom. The maximum atomic E-state index is 12.1. The van der Waals surface area contributed by atoms with Gasteiger partial charge in [0.05, 0.1) is 11.6 Å². The van der Waals surface area contributed by atoms with E-state index in [-0.39, 0.29) is 0 Å². The summed E-state index contributed by atoms with van der Waals surface area (Å²) in [6.45, 7) is -0.0148. The third-order valence-electron chi connectivity index (χ3n) is 4.72. The summed E-state index contributed by atoms with van der Waals surface area (Å²) >= 11 is 0. The zero-order valence-electron chi connectivity index (χ0n) is 15.5. The lowest BCUT2D eigenvalue weighted by molar-refractivity contribution is -0.125. The number of carbonyl (C=O) groups is 2. The van der Waals surface area contributed by atoms with Gasteiger partial charge in [-0.15, -0.1) is 0 Å². The second-order valence-corrected chi connectivity index (χ2v) is 6.82. The zero-order chi connectivity index (χ0) is 19.8. The molecular formula is C22H22N2O4. The highest BCUT2D eigenvalue weighted by atomic mass is 16.5. The molecule has 0 heterocycles. The maximum Gasteiger partial charge on any atom is 0.338 e. The minimum Gasteiger partial charge on any atom is -0.489 e. The molecule has 0 atom stereocenters. The molecule has 0 saturated heterocycles. The monoisotopic (exact) mass is 378 g/mol.